The zero-order chi connectivity index (χ0) is 14.8. The molecule has 20 heavy (non-hydrogen) atoms. The molecule has 2 aromatic rings. The van der Waals surface area contributed by atoms with Crippen molar-refractivity contribution in [2.24, 2.45) is 0 Å². The Labute approximate surface area is 130 Å². The highest BCUT2D eigenvalue weighted by atomic mass is 79.9. The number of nitrogens with one attached hydrogen (secondary N) is 1. The number of hydrogen-bond donors (Lipinski definition) is 2. The Morgan fingerprint density at radius 2 is 2.10 bits per heavy atom. The molecule has 0 aliphatic carbocycles. The van der Waals surface area contributed by atoms with E-state index in [-0.39, 0.29) is 11.5 Å². The van der Waals surface area contributed by atoms with Gasteiger partial charge in [0.15, 0.2) is 0 Å². The van der Waals surface area contributed by atoms with Gasteiger partial charge in [0.25, 0.3) is 10.0 Å². The van der Waals surface area contributed by atoms with E-state index < -0.39 is 10.0 Å². The highest BCUT2D eigenvalue weighted by Crippen LogP contribution is 2.32. The maximum Gasteiger partial charge on any atom is 0.263 e. The third-order valence-electron chi connectivity index (χ3n) is 2.74. The van der Waals surface area contributed by atoms with E-state index in [1.165, 1.54) is 17.4 Å². The monoisotopic (exact) mass is 375 g/mol. The van der Waals surface area contributed by atoms with Crippen molar-refractivity contribution in [1.29, 1.82) is 0 Å². The van der Waals surface area contributed by atoms with Gasteiger partial charge in [-0.1, -0.05) is 19.1 Å². The van der Waals surface area contributed by atoms with Crippen LogP contribution in [0.2, 0.25) is 0 Å². The van der Waals surface area contributed by atoms with E-state index >= 15 is 0 Å². The second-order valence-electron chi connectivity index (χ2n) is 4.17. The molecule has 4 nitrogen and oxygen atoms in total. The Morgan fingerprint density at radius 3 is 2.70 bits per heavy atom. The number of aliphatic hydroxyl groups excluding tert-OH is 1. The molecular weight excluding hydrogens is 362 g/mol. The van der Waals surface area contributed by atoms with Crippen LogP contribution in [0.3, 0.4) is 0 Å². The fourth-order valence-electron chi connectivity index (χ4n) is 1.72. The number of hydrogen-bond acceptors (Lipinski definition) is 4. The molecule has 0 aliphatic heterocycles. The Hall–Kier alpha value is -0.890. The molecule has 0 spiro atoms. The van der Waals surface area contributed by atoms with Crippen molar-refractivity contribution in [2.75, 3.05) is 4.72 Å². The smallest absolute Gasteiger partial charge is 0.263 e. The number of sulfonamides is 1. The van der Waals surface area contributed by atoms with Crippen LogP contribution in [0.4, 0.5) is 5.69 Å². The zero-order valence-electron chi connectivity index (χ0n) is 10.8. The van der Waals surface area contributed by atoms with E-state index in [1.807, 2.05) is 25.1 Å². The molecule has 0 atom stereocenters. The molecule has 0 radical (unpaired) electrons. The predicted molar refractivity (Wildman–Crippen MR) is 84.6 cm³/mol. The lowest BCUT2D eigenvalue weighted by Crippen LogP contribution is -2.12. The Morgan fingerprint density at radius 1 is 1.35 bits per heavy atom. The van der Waals surface area contributed by atoms with Gasteiger partial charge in [0, 0.05) is 10.6 Å². The molecule has 7 heteroatoms. The Balaban J connectivity index is 2.32. The summed E-state index contributed by atoms with van der Waals surface area (Å²) in [5, 5.41) is 9.07. The Kier molecular flexibility index (Phi) is 4.85. The molecule has 0 unspecified atom stereocenters. The van der Waals surface area contributed by atoms with Gasteiger partial charge in [-0.2, -0.15) is 0 Å². The molecule has 1 aromatic heterocycles. The highest BCUT2D eigenvalue weighted by molar-refractivity contribution is 9.11. The summed E-state index contributed by atoms with van der Waals surface area (Å²) >= 11 is 4.43. The SMILES string of the molecule is CCc1cccc(NS(=O)(=O)c2cc(CO)sc2Br)c1. The summed E-state index contributed by atoms with van der Waals surface area (Å²) in [7, 11) is -3.66. The van der Waals surface area contributed by atoms with Crippen molar-refractivity contribution in [3.05, 3.63) is 44.6 Å². The molecule has 1 heterocycles. The van der Waals surface area contributed by atoms with Crippen molar-refractivity contribution in [2.45, 2.75) is 24.8 Å². The third-order valence-corrected chi connectivity index (χ3v) is 6.36. The van der Waals surface area contributed by atoms with Crippen LogP contribution in [-0.2, 0) is 23.1 Å². The second kappa shape index (κ2) is 6.26. The van der Waals surface area contributed by atoms with Gasteiger partial charge < -0.3 is 5.11 Å². The Bertz CT molecular complexity index is 710. The summed E-state index contributed by atoms with van der Waals surface area (Å²) in [6.45, 7) is 1.83. The van der Waals surface area contributed by atoms with Crippen LogP contribution in [0, 0.1) is 0 Å². The van der Waals surface area contributed by atoms with Crippen LogP contribution in [0.1, 0.15) is 17.4 Å². The van der Waals surface area contributed by atoms with Crippen molar-refractivity contribution in [1.82, 2.24) is 0 Å². The van der Waals surface area contributed by atoms with E-state index in [1.54, 1.807) is 6.07 Å². The molecule has 0 bridgehead atoms. The molecule has 2 rings (SSSR count). The van der Waals surface area contributed by atoms with E-state index in [9.17, 15) is 8.42 Å². The van der Waals surface area contributed by atoms with Gasteiger partial charge in [-0.05, 0) is 46.1 Å². The molecule has 108 valence electrons. The van der Waals surface area contributed by atoms with Gasteiger partial charge in [0.1, 0.15) is 4.90 Å². The molecule has 0 saturated heterocycles. The van der Waals surface area contributed by atoms with Gasteiger partial charge in [0.2, 0.25) is 0 Å². The highest BCUT2D eigenvalue weighted by Gasteiger charge is 2.21. The number of aryl methyl sites for hydroxylation is 1. The van der Waals surface area contributed by atoms with Crippen LogP contribution < -0.4 is 4.72 Å². The minimum absolute atomic E-state index is 0.147. The topological polar surface area (TPSA) is 66.4 Å². The average Bonchev–Trinajstić information content (AvgIpc) is 2.80. The van der Waals surface area contributed by atoms with Gasteiger partial charge in [-0.15, -0.1) is 11.3 Å². The lowest BCUT2D eigenvalue weighted by molar-refractivity contribution is 0.285. The van der Waals surface area contributed by atoms with E-state index in [0.717, 1.165) is 12.0 Å². The molecule has 2 N–H and O–H groups in total. The van der Waals surface area contributed by atoms with Gasteiger partial charge >= 0.3 is 0 Å². The van der Waals surface area contributed by atoms with Gasteiger partial charge in [0.05, 0.1) is 10.4 Å². The molecule has 0 saturated carbocycles. The fourth-order valence-corrected chi connectivity index (χ4v) is 5.32. The van der Waals surface area contributed by atoms with Crippen molar-refractivity contribution >= 4 is 43.0 Å². The summed E-state index contributed by atoms with van der Waals surface area (Å²) in [6, 6.07) is 8.76. The van der Waals surface area contributed by atoms with Crippen molar-refractivity contribution in [3.8, 4) is 0 Å². The maximum atomic E-state index is 12.3. The first-order chi connectivity index (χ1) is 9.46. The van der Waals surface area contributed by atoms with Crippen LogP contribution >= 0.6 is 27.3 Å². The summed E-state index contributed by atoms with van der Waals surface area (Å²) in [4.78, 5) is 0.744. The third kappa shape index (κ3) is 3.41. The van der Waals surface area contributed by atoms with E-state index in [2.05, 4.69) is 20.7 Å². The summed E-state index contributed by atoms with van der Waals surface area (Å²) in [5.74, 6) is 0. The average molecular weight is 376 g/mol. The predicted octanol–water partition coefficient (Wildman–Crippen LogP) is 3.37. The maximum absolute atomic E-state index is 12.3. The van der Waals surface area contributed by atoms with Crippen LogP contribution in [0.25, 0.3) is 0 Å². The molecule has 1 aromatic carbocycles. The number of benzene rings is 1. The number of thiophene rings is 1. The minimum Gasteiger partial charge on any atom is -0.391 e. The van der Waals surface area contributed by atoms with Crippen LogP contribution in [0.15, 0.2) is 39.0 Å². The van der Waals surface area contributed by atoms with E-state index in [4.69, 9.17) is 5.11 Å². The summed E-state index contributed by atoms with van der Waals surface area (Å²) in [6.07, 6.45) is 0.840. The normalized spacial score (nSPS) is 11.6. The summed E-state index contributed by atoms with van der Waals surface area (Å²) in [5.41, 5.74) is 1.60. The number of rotatable bonds is 5. The number of halogens is 1. The van der Waals surface area contributed by atoms with Crippen LogP contribution in [-0.4, -0.2) is 13.5 Å². The number of aliphatic hydroxyl groups is 1. The lowest BCUT2D eigenvalue weighted by Gasteiger charge is -2.08. The first-order valence-corrected chi connectivity index (χ1v) is 9.06. The van der Waals surface area contributed by atoms with Gasteiger partial charge in [-0.3, -0.25) is 4.72 Å². The largest absolute Gasteiger partial charge is 0.391 e. The quantitative estimate of drug-likeness (QED) is 0.841. The first kappa shape index (κ1) is 15.5. The first-order valence-electron chi connectivity index (χ1n) is 5.97. The van der Waals surface area contributed by atoms with E-state index in [0.29, 0.717) is 14.4 Å². The van der Waals surface area contributed by atoms with Crippen molar-refractivity contribution < 1.29 is 13.5 Å². The molecule has 0 fully saturated rings. The molecule has 0 aliphatic rings. The van der Waals surface area contributed by atoms with Gasteiger partial charge in [-0.25, -0.2) is 8.42 Å². The lowest BCUT2D eigenvalue weighted by atomic mass is 10.1. The number of anilines is 1. The minimum atomic E-state index is -3.66. The van der Waals surface area contributed by atoms with Crippen LogP contribution in [0.5, 0.6) is 0 Å². The standard InChI is InChI=1S/C13H14BrNO3S2/c1-2-9-4-3-5-10(6-9)15-20(17,18)12-7-11(8-16)19-13(12)14/h3-7,15-16H,2,8H2,1H3. The summed E-state index contributed by atoms with van der Waals surface area (Å²) < 4.78 is 27.7. The fraction of sp³-hybridized carbons (Fsp3) is 0.231. The molecule has 0 amide bonds. The molecular formula is C13H14BrNO3S2. The van der Waals surface area contributed by atoms with Crippen molar-refractivity contribution in [3.63, 3.8) is 0 Å². The second-order valence-corrected chi connectivity index (χ2v) is 8.27. The zero-order valence-corrected chi connectivity index (χ0v) is 14.0.